The van der Waals surface area contributed by atoms with Gasteiger partial charge in [0.2, 0.25) is 5.91 Å². The molecule has 33 heavy (non-hydrogen) atoms. The van der Waals surface area contributed by atoms with Crippen LogP contribution >= 0.6 is 0 Å². The molecule has 0 aromatic carbocycles. The van der Waals surface area contributed by atoms with Crippen molar-refractivity contribution >= 4 is 23.9 Å². The van der Waals surface area contributed by atoms with Crippen molar-refractivity contribution in [3.05, 3.63) is 48.5 Å². The van der Waals surface area contributed by atoms with E-state index in [4.69, 9.17) is 9.90 Å². The zero-order chi connectivity index (χ0) is 23.6. The lowest BCUT2D eigenvalue weighted by atomic mass is 10.0. The predicted octanol–water partition coefficient (Wildman–Crippen LogP) is 4.17. The molecular formula is C24H28N6O3. The van der Waals surface area contributed by atoms with Gasteiger partial charge in [0.25, 0.3) is 6.47 Å². The van der Waals surface area contributed by atoms with Crippen LogP contribution in [0.1, 0.15) is 37.8 Å². The molecule has 3 aromatic rings. The van der Waals surface area contributed by atoms with Crippen LogP contribution in [0.2, 0.25) is 0 Å². The number of pyridine rings is 2. The molecule has 172 valence electrons. The van der Waals surface area contributed by atoms with E-state index in [1.54, 1.807) is 18.6 Å². The summed E-state index contributed by atoms with van der Waals surface area (Å²) in [6.07, 6.45) is 10.5. The zero-order valence-corrected chi connectivity index (χ0v) is 18.8. The van der Waals surface area contributed by atoms with Crippen molar-refractivity contribution in [1.82, 2.24) is 20.2 Å². The SMILES string of the molecule is CNc1cc(-c2cnnc(-c3cc(NC(=O)CC4CCCC4)cnc3C)c2)ccn1.O=CO. The number of carbonyl (C=O) groups is 2. The number of amides is 1. The van der Waals surface area contributed by atoms with Crippen LogP contribution in [-0.4, -0.2) is 44.7 Å². The molecule has 4 rings (SSSR count). The maximum absolute atomic E-state index is 12.4. The predicted molar refractivity (Wildman–Crippen MR) is 127 cm³/mol. The number of aromatic nitrogens is 4. The average molecular weight is 449 g/mol. The Morgan fingerprint density at radius 1 is 1.15 bits per heavy atom. The standard InChI is InChI=1S/C23H26N6O.CH2O2/c1-15-20(12-19(14-26-15)28-23(30)9-16-5-3-4-6-16)21-10-18(13-27-29-21)17-7-8-25-22(11-17)24-2;2-1-3/h7-8,10-14,16H,3-6,9H2,1-2H3,(H,24,25)(H,28,30);1H,(H,2,3). The zero-order valence-electron chi connectivity index (χ0n) is 18.8. The Morgan fingerprint density at radius 2 is 1.91 bits per heavy atom. The minimum absolute atomic E-state index is 0.0507. The van der Waals surface area contributed by atoms with E-state index < -0.39 is 0 Å². The summed E-state index contributed by atoms with van der Waals surface area (Å²) in [5, 5.41) is 21.4. The maximum atomic E-state index is 12.4. The summed E-state index contributed by atoms with van der Waals surface area (Å²) in [7, 11) is 1.84. The van der Waals surface area contributed by atoms with Gasteiger partial charge in [-0.1, -0.05) is 12.8 Å². The Kier molecular flexibility index (Phi) is 8.40. The normalized spacial score (nSPS) is 13.0. The van der Waals surface area contributed by atoms with Crippen molar-refractivity contribution in [2.24, 2.45) is 5.92 Å². The fraction of sp³-hybridized carbons (Fsp3) is 0.333. The average Bonchev–Trinajstić information content (AvgIpc) is 3.34. The van der Waals surface area contributed by atoms with Crippen LogP contribution in [0, 0.1) is 12.8 Å². The lowest BCUT2D eigenvalue weighted by molar-refractivity contribution is -0.123. The van der Waals surface area contributed by atoms with Crippen molar-refractivity contribution in [2.75, 3.05) is 17.7 Å². The third-order valence-corrected chi connectivity index (χ3v) is 5.60. The number of nitrogens with zero attached hydrogens (tertiary/aromatic N) is 4. The van der Waals surface area contributed by atoms with Gasteiger partial charge in [-0.15, -0.1) is 0 Å². The van der Waals surface area contributed by atoms with E-state index >= 15 is 0 Å². The molecule has 0 aliphatic heterocycles. The molecule has 0 unspecified atom stereocenters. The van der Waals surface area contributed by atoms with Gasteiger partial charge < -0.3 is 15.7 Å². The number of nitrogens with one attached hydrogen (secondary N) is 2. The number of hydrogen-bond donors (Lipinski definition) is 3. The monoisotopic (exact) mass is 448 g/mol. The third kappa shape index (κ3) is 6.55. The molecule has 0 radical (unpaired) electrons. The quantitative estimate of drug-likeness (QED) is 0.479. The second-order valence-corrected chi connectivity index (χ2v) is 7.87. The molecule has 3 aromatic heterocycles. The summed E-state index contributed by atoms with van der Waals surface area (Å²) in [5.74, 6) is 1.35. The Morgan fingerprint density at radius 3 is 2.64 bits per heavy atom. The molecule has 0 bridgehead atoms. The van der Waals surface area contributed by atoms with Gasteiger partial charge in [-0.25, -0.2) is 4.98 Å². The topological polar surface area (TPSA) is 130 Å². The van der Waals surface area contributed by atoms with Crippen molar-refractivity contribution in [2.45, 2.75) is 39.0 Å². The minimum atomic E-state index is -0.250. The van der Waals surface area contributed by atoms with E-state index in [1.165, 1.54) is 12.8 Å². The minimum Gasteiger partial charge on any atom is -0.483 e. The number of hydrogen-bond acceptors (Lipinski definition) is 7. The Labute approximate surface area is 192 Å². The Hall–Kier alpha value is -3.88. The molecule has 0 spiro atoms. The number of carbonyl (C=O) groups excluding carboxylic acids is 1. The van der Waals surface area contributed by atoms with E-state index in [-0.39, 0.29) is 12.4 Å². The molecule has 0 atom stereocenters. The highest BCUT2D eigenvalue weighted by Crippen LogP contribution is 2.29. The molecule has 9 heteroatoms. The molecule has 9 nitrogen and oxygen atoms in total. The van der Waals surface area contributed by atoms with Crippen LogP contribution in [0.4, 0.5) is 11.5 Å². The summed E-state index contributed by atoms with van der Waals surface area (Å²) in [5.41, 5.74) is 5.03. The lowest BCUT2D eigenvalue weighted by Gasteiger charge is -2.12. The highest BCUT2D eigenvalue weighted by atomic mass is 16.3. The second kappa shape index (κ2) is 11.7. The van der Waals surface area contributed by atoms with E-state index in [0.29, 0.717) is 23.7 Å². The molecule has 1 aliphatic carbocycles. The number of carboxylic acid groups (broad SMARTS) is 1. The first-order valence-corrected chi connectivity index (χ1v) is 10.9. The maximum Gasteiger partial charge on any atom is 0.290 e. The first-order valence-electron chi connectivity index (χ1n) is 10.9. The Balaban J connectivity index is 0.000000968. The summed E-state index contributed by atoms with van der Waals surface area (Å²) in [4.78, 5) is 29.5. The summed E-state index contributed by atoms with van der Waals surface area (Å²) >= 11 is 0. The summed E-state index contributed by atoms with van der Waals surface area (Å²) < 4.78 is 0. The van der Waals surface area contributed by atoms with Crippen LogP contribution in [0.15, 0.2) is 42.9 Å². The van der Waals surface area contributed by atoms with Crippen LogP contribution in [0.25, 0.3) is 22.4 Å². The van der Waals surface area contributed by atoms with Crippen LogP contribution in [-0.2, 0) is 9.59 Å². The van der Waals surface area contributed by atoms with Crippen molar-refractivity contribution in [3.8, 4) is 22.4 Å². The first kappa shape index (κ1) is 23.8. The number of anilines is 2. The fourth-order valence-corrected chi connectivity index (χ4v) is 3.95. The number of rotatable bonds is 6. The van der Waals surface area contributed by atoms with Crippen molar-refractivity contribution in [1.29, 1.82) is 0 Å². The molecular weight excluding hydrogens is 420 g/mol. The molecule has 1 amide bonds. The van der Waals surface area contributed by atoms with E-state index in [9.17, 15) is 4.79 Å². The van der Waals surface area contributed by atoms with Crippen molar-refractivity contribution < 1.29 is 14.7 Å². The van der Waals surface area contributed by atoms with Gasteiger partial charge in [0.15, 0.2) is 0 Å². The fourth-order valence-electron chi connectivity index (χ4n) is 3.95. The molecule has 3 heterocycles. The van der Waals surface area contributed by atoms with Crippen molar-refractivity contribution in [3.63, 3.8) is 0 Å². The number of aryl methyl sites for hydroxylation is 1. The van der Waals surface area contributed by atoms with Gasteiger partial charge in [0, 0.05) is 36.5 Å². The third-order valence-electron chi connectivity index (χ3n) is 5.60. The highest BCUT2D eigenvalue weighted by molar-refractivity contribution is 5.91. The smallest absolute Gasteiger partial charge is 0.290 e. The molecule has 0 saturated heterocycles. The van der Waals surface area contributed by atoms with E-state index in [1.807, 2.05) is 38.2 Å². The molecule has 1 aliphatic rings. The van der Waals surface area contributed by atoms with Crippen LogP contribution < -0.4 is 10.6 Å². The second-order valence-electron chi connectivity index (χ2n) is 7.87. The van der Waals surface area contributed by atoms with Gasteiger partial charge >= 0.3 is 0 Å². The molecule has 1 saturated carbocycles. The highest BCUT2D eigenvalue weighted by Gasteiger charge is 2.19. The van der Waals surface area contributed by atoms with E-state index in [0.717, 1.165) is 41.0 Å². The first-order chi connectivity index (χ1) is 16.0. The van der Waals surface area contributed by atoms with Crippen LogP contribution in [0.5, 0.6) is 0 Å². The van der Waals surface area contributed by atoms with Crippen LogP contribution in [0.3, 0.4) is 0 Å². The Bertz CT molecular complexity index is 1100. The lowest BCUT2D eigenvalue weighted by Crippen LogP contribution is -2.15. The van der Waals surface area contributed by atoms with Gasteiger partial charge in [0.05, 0.1) is 23.8 Å². The summed E-state index contributed by atoms with van der Waals surface area (Å²) in [6.45, 7) is 1.68. The van der Waals surface area contributed by atoms with Gasteiger partial charge in [-0.05, 0) is 55.5 Å². The molecule has 1 fully saturated rings. The van der Waals surface area contributed by atoms with Gasteiger partial charge in [-0.2, -0.15) is 10.2 Å². The molecule has 3 N–H and O–H groups in total. The summed E-state index contributed by atoms with van der Waals surface area (Å²) in [6, 6.07) is 7.81. The van der Waals surface area contributed by atoms with E-state index in [2.05, 4.69) is 30.8 Å². The van der Waals surface area contributed by atoms with Gasteiger partial charge in [0.1, 0.15) is 5.82 Å². The largest absolute Gasteiger partial charge is 0.483 e. The van der Waals surface area contributed by atoms with Gasteiger partial charge in [-0.3, -0.25) is 14.6 Å².